The fraction of sp³-hybridized carbons (Fsp3) is 0.455. The molecule has 0 saturated carbocycles. The third-order valence-electron chi connectivity index (χ3n) is 2.72. The van der Waals surface area contributed by atoms with Crippen LogP contribution in [0.15, 0.2) is 22.7 Å². The summed E-state index contributed by atoms with van der Waals surface area (Å²) in [7, 11) is 0. The molecule has 0 amide bonds. The molecule has 1 heterocycles. The van der Waals surface area contributed by atoms with E-state index in [-0.39, 0.29) is 5.82 Å². The molecular formula is C11H13BrFN. The van der Waals surface area contributed by atoms with E-state index in [0.717, 1.165) is 25.1 Å². The maximum absolute atomic E-state index is 13.3. The maximum Gasteiger partial charge on any atom is 0.137 e. The fourth-order valence-electron chi connectivity index (χ4n) is 1.95. The SMILES string of the molecule is Fc1cccc(C2CCCNC2)c1Br. The molecule has 1 aromatic carbocycles. The Bertz CT molecular complexity index is 321. The van der Waals surface area contributed by atoms with Gasteiger partial charge in [-0.05, 0) is 52.9 Å². The van der Waals surface area contributed by atoms with Crippen LogP contribution in [0.5, 0.6) is 0 Å². The zero-order valence-electron chi connectivity index (χ0n) is 7.89. The fourth-order valence-corrected chi connectivity index (χ4v) is 2.54. The van der Waals surface area contributed by atoms with E-state index in [4.69, 9.17) is 0 Å². The monoisotopic (exact) mass is 257 g/mol. The summed E-state index contributed by atoms with van der Waals surface area (Å²) in [4.78, 5) is 0. The van der Waals surface area contributed by atoms with Crippen LogP contribution < -0.4 is 5.32 Å². The number of piperidine rings is 1. The number of hydrogen-bond donors (Lipinski definition) is 1. The zero-order chi connectivity index (χ0) is 9.97. The molecule has 0 aromatic heterocycles. The van der Waals surface area contributed by atoms with Crippen molar-refractivity contribution in [1.82, 2.24) is 5.32 Å². The topological polar surface area (TPSA) is 12.0 Å². The summed E-state index contributed by atoms with van der Waals surface area (Å²) in [5.74, 6) is 0.293. The molecule has 1 atom stereocenters. The van der Waals surface area contributed by atoms with Gasteiger partial charge in [0.2, 0.25) is 0 Å². The van der Waals surface area contributed by atoms with Crippen molar-refractivity contribution < 1.29 is 4.39 Å². The van der Waals surface area contributed by atoms with Gasteiger partial charge in [0, 0.05) is 6.54 Å². The highest BCUT2D eigenvalue weighted by Gasteiger charge is 2.18. The van der Waals surface area contributed by atoms with Gasteiger partial charge >= 0.3 is 0 Å². The number of hydrogen-bond acceptors (Lipinski definition) is 1. The van der Waals surface area contributed by atoms with Crippen LogP contribution in [0.3, 0.4) is 0 Å². The summed E-state index contributed by atoms with van der Waals surface area (Å²) in [6.07, 6.45) is 2.32. The van der Waals surface area contributed by atoms with E-state index < -0.39 is 0 Å². The minimum Gasteiger partial charge on any atom is -0.316 e. The number of halogens is 2. The lowest BCUT2D eigenvalue weighted by atomic mass is 9.92. The first-order valence-electron chi connectivity index (χ1n) is 4.93. The van der Waals surface area contributed by atoms with Crippen molar-refractivity contribution in [2.45, 2.75) is 18.8 Å². The van der Waals surface area contributed by atoms with Gasteiger partial charge in [-0.2, -0.15) is 0 Å². The summed E-state index contributed by atoms with van der Waals surface area (Å²) >= 11 is 3.31. The summed E-state index contributed by atoms with van der Waals surface area (Å²) < 4.78 is 13.9. The standard InChI is InChI=1S/C11H13BrFN/c12-11-9(4-1-5-10(11)13)8-3-2-6-14-7-8/h1,4-5,8,14H,2-3,6-7H2. The first-order chi connectivity index (χ1) is 6.79. The Morgan fingerprint density at radius 1 is 1.43 bits per heavy atom. The van der Waals surface area contributed by atoms with E-state index in [1.807, 2.05) is 6.07 Å². The van der Waals surface area contributed by atoms with Crippen molar-refractivity contribution in [2.24, 2.45) is 0 Å². The Kier molecular flexibility index (Phi) is 3.19. The van der Waals surface area contributed by atoms with Gasteiger partial charge in [-0.3, -0.25) is 0 Å². The lowest BCUT2D eigenvalue weighted by molar-refractivity contribution is 0.458. The van der Waals surface area contributed by atoms with Gasteiger partial charge in [-0.25, -0.2) is 4.39 Å². The van der Waals surface area contributed by atoms with Crippen LogP contribution in [0.1, 0.15) is 24.3 Å². The molecule has 0 aliphatic carbocycles. The first-order valence-corrected chi connectivity index (χ1v) is 5.73. The van der Waals surface area contributed by atoms with Gasteiger partial charge in [-0.1, -0.05) is 12.1 Å². The normalized spacial score (nSPS) is 22.3. The van der Waals surface area contributed by atoms with Gasteiger partial charge in [-0.15, -0.1) is 0 Å². The van der Waals surface area contributed by atoms with Crippen molar-refractivity contribution in [1.29, 1.82) is 0 Å². The predicted molar refractivity (Wildman–Crippen MR) is 58.9 cm³/mol. The highest BCUT2D eigenvalue weighted by atomic mass is 79.9. The van der Waals surface area contributed by atoms with Gasteiger partial charge in [0.25, 0.3) is 0 Å². The van der Waals surface area contributed by atoms with Crippen LogP contribution in [-0.4, -0.2) is 13.1 Å². The molecule has 1 aliphatic heterocycles. The predicted octanol–water partition coefficient (Wildman–Crippen LogP) is 3.06. The third-order valence-corrected chi connectivity index (χ3v) is 3.55. The molecule has 1 N–H and O–H groups in total. The quantitative estimate of drug-likeness (QED) is 0.816. The van der Waals surface area contributed by atoms with E-state index in [2.05, 4.69) is 21.2 Å². The van der Waals surface area contributed by atoms with Crippen molar-refractivity contribution in [3.05, 3.63) is 34.1 Å². The molecule has 1 nitrogen and oxygen atoms in total. The van der Waals surface area contributed by atoms with E-state index in [1.165, 1.54) is 12.5 Å². The molecular weight excluding hydrogens is 245 g/mol. The average molecular weight is 258 g/mol. The molecule has 3 heteroatoms. The van der Waals surface area contributed by atoms with Crippen LogP contribution in [0.2, 0.25) is 0 Å². The highest BCUT2D eigenvalue weighted by Crippen LogP contribution is 2.31. The average Bonchev–Trinajstić information content (AvgIpc) is 2.23. The van der Waals surface area contributed by atoms with Crippen LogP contribution in [0.4, 0.5) is 4.39 Å². The van der Waals surface area contributed by atoms with Crippen molar-refractivity contribution in [3.8, 4) is 0 Å². The van der Waals surface area contributed by atoms with Crippen LogP contribution in [0.25, 0.3) is 0 Å². The Hall–Kier alpha value is -0.410. The Morgan fingerprint density at radius 3 is 3.00 bits per heavy atom. The molecule has 1 aliphatic rings. The van der Waals surface area contributed by atoms with E-state index in [1.54, 1.807) is 6.07 Å². The van der Waals surface area contributed by atoms with Crippen molar-refractivity contribution in [2.75, 3.05) is 13.1 Å². The molecule has 0 spiro atoms. The number of benzene rings is 1. The van der Waals surface area contributed by atoms with Crippen molar-refractivity contribution in [3.63, 3.8) is 0 Å². The second kappa shape index (κ2) is 4.41. The van der Waals surface area contributed by atoms with E-state index in [0.29, 0.717) is 10.4 Å². The lowest BCUT2D eigenvalue weighted by Gasteiger charge is -2.24. The van der Waals surface area contributed by atoms with E-state index in [9.17, 15) is 4.39 Å². The second-order valence-electron chi connectivity index (χ2n) is 3.69. The van der Waals surface area contributed by atoms with Gasteiger partial charge in [0.1, 0.15) is 5.82 Å². The third kappa shape index (κ3) is 1.98. The van der Waals surface area contributed by atoms with Gasteiger partial charge in [0.15, 0.2) is 0 Å². The van der Waals surface area contributed by atoms with Crippen LogP contribution in [-0.2, 0) is 0 Å². The molecule has 1 fully saturated rings. The minimum atomic E-state index is -0.159. The molecule has 14 heavy (non-hydrogen) atoms. The zero-order valence-corrected chi connectivity index (χ0v) is 9.48. The molecule has 76 valence electrons. The Labute approximate surface area is 91.8 Å². The first kappa shape index (κ1) is 10.1. The summed E-state index contributed by atoms with van der Waals surface area (Å²) in [5.41, 5.74) is 1.09. The highest BCUT2D eigenvalue weighted by molar-refractivity contribution is 9.10. The Balaban J connectivity index is 2.26. The minimum absolute atomic E-state index is 0.159. The molecule has 1 aromatic rings. The molecule has 1 unspecified atom stereocenters. The second-order valence-corrected chi connectivity index (χ2v) is 4.48. The smallest absolute Gasteiger partial charge is 0.137 e. The van der Waals surface area contributed by atoms with Gasteiger partial charge in [0.05, 0.1) is 4.47 Å². The van der Waals surface area contributed by atoms with Gasteiger partial charge < -0.3 is 5.32 Å². The Morgan fingerprint density at radius 2 is 2.29 bits per heavy atom. The molecule has 0 radical (unpaired) electrons. The molecule has 1 saturated heterocycles. The van der Waals surface area contributed by atoms with Crippen LogP contribution >= 0.6 is 15.9 Å². The van der Waals surface area contributed by atoms with Crippen molar-refractivity contribution >= 4 is 15.9 Å². The molecule has 0 bridgehead atoms. The van der Waals surface area contributed by atoms with E-state index >= 15 is 0 Å². The number of rotatable bonds is 1. The molecule has 2 rings (SSSR count). The van der Waals surface area contributed by atoms with Crippen LogP contribution in [0, 0.1) is 5.82 Å². The lowest BCUT2D eigenvalue weighted by Crippen LogP contribution is -2.28. The summed E-state index contributed by atoms with van der Waals surface area (Å²) in [5, 5.41) is 3.34. The summed E-state index contributed by atoms with van der Waals surface area (Å²) in [6, 6.07) is 5.28. The number of nitrogens with one attached hydrogen (secondary N) is 1. The largest absolute Gasteiger partial charge is 0.316 e. The summed E-state index contributed by atoms with van der Waals surface area (Å²) in [6.45, 7) is 2.05. The maximum atomic E-state index is 13.3.